The zero-order chi connectivity index (χ0) is 20.6. The van der Waals surface area contributed by atoms with Crippen LogP contribution in [0.4, 0.5) is 0 Å². The molecule has 1 aromatic heterocycles. The molecule has 0 radical (unpaired) electrons. The summed E-state index contributed by atoms with van der Waals surface area (Å²) >= 11 is 0. The first-order valence-corrected chi connectivity index (χ1v) is 9.71. The van der Waals surface area contributed by atoms with E-state index < -0.39 is 6.10 Å². The van der Waals surface area contributed by atoms with E-state index in [0.29, 0.717) is 37.6 Å². The SMILES string of the molecule is COc1cc(CNCC(O)Cc2ccccc2)ccc1OCc1c(C)noc1C. The third-order valence-electron chi connectivity index (χ3n) is 4.80. The van der Waals surface area contributed by atoms with Crippen molar-refractivity contribution in [2.24, 2.45) is 0 Å². The zero-order valence-corrected chi connectivity index (χ0v) is 17.1. The summed E-state index contributed by atoms with van der Waals surface area (Å²) in [5.74, 6) is 2.10. The second kappa shape index (κ2) is 10.1. The van der Waals surface area contributed by atoms with Crippen molar-refractivity contribution in [3.8, 4) is 11.5 Å². The monoisotopic (exact) mass is 396 g/mol. The topological polar surface area (TPSA) is 76.8 Å². The number of benzene rings is 2. The number of nitrogens with one attached hydrogen (secondary N) is 1. The molecule has 0 saturated heterocycles. The molecule has 0 spiro atoms. The highest BCUT2D eigenvalue weighted by Crippen LogP contribution is 2.29. The summed E-state index contributed by atoms with van der Waals surface area (Å²) in [6, 6.07) is 15.8. The molecule has 0 aliphatic carbocycles. The van der Waals surface area contributed by atoms with Crippen molar-refractivity contribution < 1.29 is 19.1 Å². The normalized spacial score (nSPS) is 12.0. The van der Waals surface area contributed by atoms with Crippen LogP contribution in [0.2, 0.25) is 0 Å². The predicted octanol–water partition coefficient (Wildman–Crippen LogP) is 3.57. The van der Waals surface area contributed by atoms with Gasteiger partial charge in [-0.05, 0) is 43.5 Å². The van der Waals surface area contributed by atoms with Gasteiger partial charge in [-0.3, -0.25) is 0 Å². The minimum Gasteiger partial charge on any atom is -0.493 e. The Morgan fingerprint density at radius 3 is 2.55 bits per heavy atom. The molecule has 0 aliphatic heterocycles. The number of rotatable bonds is 10. The molecule has 3 aromatic rings. The number of aliphatic hydroxyl groups is 1. The summed E-state index contributed by atoms with van der Waals surface area (Å²) in [4.78, 5) is 0. The Bertz CT molecular complexity index is 889. The fourth-order valence-corrected chi connectivity index (χ4v) is 3.14. The molecule has 0 fully saturated rings. The number of nitrogens with zero attached hydrogens (tertiary/aromatic N) is 1. The van der Waals surface area contributed by atoms with Crippen molar-refractivity contribution in [2.75, 3.05) is 13.7 Å². The van der Waals surface area contributed by atoms with Gasteiger partial charge in [-0.15, -0.1) is 0 Å². The molecule has 6 heteroatoms. The summed E-state index contributed by atoms with van der Waals surface area (Å²) in [5.41, 5.74) is 3.96. The molecule has 3 rings (SSSR count). The molecule has 1 atom stereocenters. The summed E-state index contributed by atoms with van der Waals surface area (Å²) < 4.78 is 16.6. The Labute approximate surface area is 171 Å². The van der Waals surface area contributed by atoms with Crippen LogP contribution in [0.25, 0.3) is 0 Å². The Balaban J connectivity index is 1.51. The van der Waals surface area contributed by atoms with Crippen LogP contribution in [-0.4, -0.2) is 30.0 Å². The van der Waals surface area contributed by atoms with E-state index in [0.717, 1.165) is 28.1 Å². The number of aliphatic hydroxyl groups excluding tert-OH is 1. The predicted molar refractivity (Wildman–Crippen MR) is 111 cm³/mol. The number of aromatic nitrogens is 1. The number of hydrogen-bond donors (Lipinski definition) is 2. The van der Waals surface area contributed by atoms with Gasteiger partial charge in [-0.1, -0.05) is 41.6 Å². The Morgan fingerprint density at radius 2 is 1.86 bits per heavy atom. The fourth-order valence-electron chi connectivity index (χ4n) is 3.14. The zero-order valence-electron chi connectivity index (χ0n) is 17.1. The molecule has 0 aliphatic rings. The van der Waals surface area contributed by atoms with Crippen LogP contribution >= 0.6 is 0 Å². The molecule has 1 unspecified atom stereocenters. The van der Waals surface area contributed by atoms with Crippen molar-refractivity contribution in [3.05, 3.63) is 76.7 Å². The van der Waals surface area contributed by atoms with Gasteiger partial charge in [0.05, 0.1) is 24.5 Å². The van der Waals surface area contributed by atoms with Crippen LogP contribution in [0.5, 0.6) is 11.5 Å². The highest BCUT2D eigenvalue weighted by Gasteiger charge is 2.12. The third-order valence-corrected chi connectivity index (χ3v) is 4.80. The van der Waals surface area contributed by atoms with E-state index in [2.05, 4.69) is 10.5 Å². The Kier molecular flexibility index (Phi) is 7.27. The van der Waals surface area contributed by atoms with Crippen LogP contribution in [0, 0.1) is 13.8 Å². The molecule has 6 nitrogen and oxygen atoms in total. The van der Waals surface area contributed by atoms with Gasteiger partial charge in [-0.2, -0.15) is 0 Å². The Hall–Kier alpha value is -2.83. The van der Waals surface area contributed by atoms with Crippen molar-refractivity contribution >= 4 is 0 Å². The smallest absolute Gasteiger partial charge is 0.161 e. The quantitative estimate of drug-likeness (QED) is 0.546. The second-order valence-corrected chi connectivity index (χ2v) is 7.05. The number of methoxy groups -OCH3 is 1. The molecule has 0 amide bonds. The maximum absolute atomic E-state index is 10.2. The van der Waals surface area contributed by atoms with Crippen LogP contribution in [0.15, 0.2) is 53.1 Å². The van der Waals surface area contributed by atoms with E-state index in [1.54, 1.807) is 7.11 Å². The van der Waals surface area contributed by atoms with Crippen molar-refractivity contribution in [1.29, 1.82) is 0 Å². The lowest BCUT2D eigenvalue weighted by molar-refractivity contribution is 0.171. The van der Waals surface area contributed by atoms with Crippen molar-refractivity contribution in [1.82, 2.24) is 10.5 Å². The van der Waals surface area contributed by atoms with Gasteiger partial charge >= 0.3 is 0 Å². The van der Waals surface area contributed by atoms with Gasteiger partial charge in [0.25, 0.3) is 0 Å². The summed E-state index contributed by atoms with van der Waals surface area (Å²) in [5, 5.41) is 17.4. The highest BCUT2D eigenvalue weighted by atomic mass is 16.5. The van der Waals surface area contributed by atoms with E-state index in [1.165, 1.54) is 0 Å². The minimum atomic E-state index is -0.433. The molecule has 154 valence electrons. The summed E-state index contributed by atoms with van der Waals surface area (Å²) in [7, 11) is 1.62. The van der Waals surface area contributed by atoms with Gasteiger partial charge in [0, 0.05) is 13.1 Å². The summed E-state index contributed by atoms with van der Waals surface area (Å²) in [6.45, 7) is 5.29. The molecule has 1 heterocycles. The first kappa shape index (κ1) is 20.9. The first-order valence-electron chi connectivity index (χ1n) is 9.71. The van der Waals surface area contributed by atoms with Gasteiger partial charge in [0.1, 0.15) is 12.4 Å². The molecule has 2 aromatic carbocycles. The largest absolute Gasteiger partial charge is 0.493 e. The van der Waals surface area contributed by atoms with Gasteiger partial charge < -0.3 is 24.4 Å². The standard InChI is InChI=1S/C23H28N2O4/c1-16-21(17(2)29-25-16)15-28-22-10-9-19(12-23(22)27-3)13-24-14-20(26)11-18-7-5-4-6-8-18/h4-10,12,20,24,26H,11,13-15H2,1-3H3. The van der Waals surface area contributed by atoms with Crippen molar-refractivity contribution in [3.63, 3.8) is 0 Å². The molecule has 0 saturated carbocycles. The molecular weight excluding hydrogens is 368 g/mol. The lowest BCUT2D eigenvalue weighted by atomic mass is 10.1. The first-order chi connectivity index (χ1) is 14.1. The minimum absolute atomic E-state index is 0.376. The maximum Gasteiger partial charge on any atom is 0.161 e. The van der Waals surface area contributed by atoms with Crippen LogP contribution in [0.3, 0.4) is 0 Å². The number of aryl methyl sites for hydroxylation is 2. The average Bonchev–Trinajstić information content (AvgIpc) is 3.05. The van der Waals surface area contributed by atoms with Crippen molar-refractivity contribution in [2.45, 2.75) is 39.5 Å². The molecule has 2 N–H and O–H groups in total. The summed E-state index contributed by atoms with van der Waals surface area (Å²) in [6.07, 6.45) is 0.197. The average molecular weight is 396 g/mol. The van der Waals surface area contributed by atoms with Crippen LogP contribution < -0.4 is 14.8 Å². The van der Waals surface area contributed by atoms with Gasteiger partial charge in [-0.25, -0.2) is 0 Å². The molecular formula is C23H28N2O4. The molecule has 29 heavy (non-hydrogen) atoms. The fraction of sp³-hybridized carbons (Fsp3) is 0.348. The highest BCUT2D eigenvalue weighted by molar-refractivity contribution is 5.43. The van der Waals surface area contributed by atoms with E-state index >= 15 is 0 Å². The van der Waals surface area contributed by atoms with E-state index in [4.69, 9.17) is 14.0 Å². The Morgan fingerprint density at radius 1 is 1.07 bits per heavy atom. The lowest BCUT2D eigenvalue weighted by Crippen LogP contribution is -2.28. The number of ether oxygens (including phenoxy) is 2. The van der Waals surface area contributed by atoms with Crippen LogP contribution in [-0.2, 0) is 19.6 Å². The van der Waals surface area contributed by atoms with E-state index in [-0.39, 0.29) is 0 Å². The van der Waals surface area contributed by atoms with Gasteiger partial charge in [0.2, 0.25) is 0 Å². The van der Waals surface area contributed by atoms with E-state index in [9.17, 15) is 5.11 Å². The maximum atomic E-state index is 10.2. The third kappa shape index (κ3) is 5.82. The number of hydrogen-bond acceptors (Lipinski definition) is 6. The van der Waals surface area contributed by atoms with Gasteiger partial charge in [0.15, 0.2) is 11.5 Å². The lowest BCUT2D eigenvalue weighted by Gasteiger charge is -2.14. The van der Waals surface area contributed by atoms with E-state index in [1.807, 2.05) is 62.4 Å². The second-order valence-electron chi connectivity index (χ2n) is 7.05. The van der Waals surface area contributed by atoms with Crippen LogP contribution in [0.1, 0.15) is 28.1 Å². The molecule has 0 bridgehead atoms.